The van der Waals surface area contributed by atoms with Gasteiger partial charge in [0.1, 0.15) is 11.6 Å². The summed E-state index contributed by atoms with van der Waals surface area (Å²) in [5, 5.41) is -0.138. The first kappa shape index (κ1) is 15.0. The average Bonchev–Trinajstić information content (AvgIpc) is 2.35. The van der Waals surface area contributed by atoms with Gasteiger partial charge in [0.05, 0.1) is 10.0 Å². The lowest BCUT2D eigenvalue weighted by Gasteiger charge is -2.11. The summed E-state index contributed by atoms with van der Waals surface area (Å²) >= 11 is 8.60. The summed E-state index contributed by atoms with van der Waals surface area (Å²) in [7, 11) is 0. The second-order valence-electron chi connectivity index (χ2n) is 3.53. The number of ether oxygens (including phenoxy) is 1. The molecule has 1 aromatic heterocycles. The van der Waals surface area contributed by atoms with Crippen LogP contribution in [0.4, 0.5) is 17.6 Å². The molecule has 9 heteroatoms. The second kappa shape index (κ2) is 5.53. The van der Waals surface area contributed by atoms with Crippen molar-refractivity contribution in [2.75, 3.05) is 0 Å². The van der Waals surface area contributed by atoms with E-state index in [2.05, 4.69) is 25.9 Å². The van der Waals surface area contributed by atoms with Crippen molar-refractivity contribution in [3.8, 4) is 11.6 Å². The maximum absolute atomic E-state index is 13.1. The van der Waals surface area contributed by atoms with Crippen LogP contribution in [0.5, 0.6) is 11.6 Å². The molecule has 1 aromatic carbocycles. The van der Waals surface area contributed by atoms with E-state index < -0.39 is 17.6 Å². The van der Waals surface area contributed by atoms with E-state index in [1.807, 2.05) is 0 Å². The van der Waals surface area contributed by atoms with Crippen LogP contribution < -0.4 is 4.74 Å². The van der Waals surface area contributed by atoms with E-state index in [4.69, 9.17) is 16.3 Å². The number of nitrogens with zero attached hydrogens (tertiary/aromatic N) is 2. The summed E-state index contributed by atoms with van der Waals surface area (Å²) in [5.74, 6) is -1.69. The molecule has 0 aliphatic carbocycles. The van der Waals surface area contributed by atoms with Crippen molar-refractivity contribution in [3.63, 3.8) is 0 Å². The van der Waals surface area contributed by atoms with Gasteiger partial charge in [-0.3, -0.25) is 0 Å². The molecule has 0 spiro atoms. The Hall–Kier alpha value is -1.41. The Balaban J connectivity index is 2.37. The van der Waals surface area contributed by atoms with Gasteiger partial charge in [0.15, 0.2) is 0 Å². The highest BCUT2D eigenvalue weighted by Crippen LogP contribution is 2.35. The molecule has 0 N–H and O–H groups in total. The van der Waals surface area contributed by atoms with E-state index >= 15 is 0 Å². The maximum atomic E-state index is 13.1. The van der Waals surface area contributed by atoms with Gasteiger partial charge in [0.2, 0.25) is 11.2 Å². The van der Waals surface area contributed by atoms with E-state index in [1.54, 1.807) is 0 Å². The molecule has 0 radical (unpaired) electrons. The molecule has 0 amide bonds. The Morgan fingerprint density at radius 2 is 1.95 bits per heavy atom. The predicted molar refractivity (Wildman–Crippen MR) is 66.2 cm³/mol. The monoisotopic (exact) mass is 370 g/mol. The van der Waals surface area contributed by atoms with Crippen molar-refractivity contribution >= 4 is 27.5 Å². The summed E-state index contributed by atoms with van der Waals surface area (Å²) in [5.41, 5.74) is -1.42. The van der Waals surface area contributed by atoms with Crippen molar-refractivity contribution in [1.29, 1.82) is 0 Å². The standard InChI is InChI=1S/C11H4BrClF4N2O/c12-7-4-18-10(13)19-9(7)20-5-1-2-8(14)6(3-5)11(15,16)17/h1-4H. The van der Waals surface area contributed by atoms with Gasteiger partial charge in [-0.1, -0.05) is 0 Å². The van der Waals surface area contributed by atoms with E-state index in [-0.39, 0.29) is 16.9 Å². The first-order valence-electron chi connectivity index (χ1n) is 5.00. The molecule has 0 saturated carbocycles. The predicted octanol–water partition coefficient (Wildman–Crippen LogP) is 4.84. The van der Waals surface area contributed by atoms with Crippen LogP contribution in [-0.2, 0) is 6.18 Å². The molecule has 2 aromatic rings. The fourth-order valence-electron chi connectivity index (χ4n) is 1.30. The number of alkyl halides is 3. The fraction of sp³-hybridized carbons (Fsp3) is 0.0909. The molecule has 0 unspecified atom stereocenters. The molecule has 0 fully saturated rings. The third-order valence-electron chi connectivity index (χ3n) is 2.14. The largest absolute Gasteiger partial charge is 0.438 e. The highest BCUT2D eigenvalue weighted by molar-refractivity contribution is 9.10. The van der Waals surface area contributed by atoms with Gasteiger partial charge in [-0.05, 0) is 45.7 Å². The molecular formula is C11H4BrClF4N2O. The van der Waals surface area contributed by atoms with Crippen LogP contribution in [-0.4, -0.2) is 9.97 Å². The molecule has 2 rings (SSSR count). The number of aromatic nitrogens is 2. The Kier molecular flexibility index (Phi) is 4.14. The topological polar surface area (TPSA) is 35.0 Å². The lowest BCUT2D eigenvalue weighted by molar-refractivity contribution is -0.140. The minimum Gasteiger partial charge on any atom is -0.438 e. The van der Waals surface area contributed by atoms with Gasteiger partial charge in [0, 0.05) is 6.20 Å². The maximum Gasteiger partial charge on any atom is 0.419 e. The summed E-state index contributed by atoms with van der Waals surface area (Å²) in [6.07, 6.45) is -3.54. The van der Waals surface area contributed by atoms with Crippen molar-refractivity contribution in [2.24, 2.45) is 0 Å². The summed E-state index contributed by atoms with van der Waals surface area (Å²) in [4.78, 5) is 7.33. The number of hydrogen-bond donors (Lipinski definition) is 0. The van der Waals surface area contributed by atoms with Crippen LogP contribution in [0.3, 0.4) is 0 Å². The third-order valence-corrected chi connectivity index (χ3v) is 2.87. The molecular weight excluding hydrogens is 367 g/mol. The van der Waals surface area contributed by atoms with Crippen LogP contribution in [0.25, 0.3) is 0 Å². The first-order chi connectivity index (χ1) is 9.27. The normalized spacial score (nSPS) is 11.5. The number of rotatable bonds is 2. The Labute approximate surface area is 123 Å². The van der Waals surface area contributed by atoms with Crippen molar-refractivity contribution in [2.45, 2.75) is 6.18 Å². The lowest BCUT2D eigenvalue weighted by Crippen LogP contribution is -2.08. The van der Waals surface area contributed by atoms with Crippen molar-refractivity contribution < 1.29 is 22.3 Å². The second-order valence-corrected chi connectivity index (χ2v) is 4.73. The zero-order valence-corrected chi connectivity index (χ0v) is 11.7. The Bertz CT molecular complexity index is 651. The van der Waals surface area contributed by atoms with E-state index in [1.165, 1.54) is 6.20 Å². The molecule has 0 aliphatic heterocycles. The van der Waals surface area contributed by atoms with Gasteiger partial charge in [0.25, 0.3) is 0 Å². The van der Waals surface area contributed by atoms with Gasteiger partial charge in [-0.15, -0.1) is 0 Å². The minimum atomic E-state index is -4.82. The third kappa shape index (κ3) is 3.37. The van der Waals surface area contributed by atoms with Crippen LogP contribution in [0.15, 0.2) is 28.9 Å². The molecule has 0 bridgehead atoms. The molecule has 20 heavy (non-hydrogen) atoms. The molecule has 0 saturated heterocycles. The van der Waals surface area contributed by atoms with Crippen LogP contribution in [0.2, 0.25) is 5.28 Å². The number of benzene rings is 1. The van der Waals surface area contributed by atoms with Gasteiger partial charge < -0.3 is 4.74 Å². The van der Waals surface area contributed by atoms with Gasteiger partial charge in [-0.25, -0.2) is 9.37 Å². The van der Waals surface area contributed by atoms with Crippen molar-refractivity contribution in [1.82, 2.24) is 9.97 Å². The Morgan fingerprint density at radius 3 is 2.60 bits per heavy atom. The zero-order valence-electron chi connectivity index (χ0n) is 9.38. The Morgan fingerprint density at radius 1 is 1.25 bits per heavy atom. The molecule has 106 valence electrons. The summed E-state index contributed by atoms with van der Waals surface area (Å²) in [6, 6.07) is 2.25. The molecule has 0 aliphatic rings. The van der Waals surface area contributed by atoms with E-state index in [0.29, 0.717) is 16.6 Å². The number of halogens is 6. The SMILES string of the molecule is Fc1ccc(Oc2nc(Cl)ncc2Br)cc1C(F)(F)F. The van der Waals surface area contributed by atoms with Crippen molar-refractivity contribution in [3.05, 3.63) is 45.5 Å². The first-order valence-corrected chi connectivity index (χ1v) is 6.17. The average molecular weight is 372 g/mol. The fourth-order valence-corrected chi connectivity index (χ4v) is 1.70. The van der Waals surface area contributed by atoms with E-state index in [9.17, 15) is 17.6 Å². The minimum absolute atomic E-state index is 0.0790. The van der Waals surface area contributed by atoms with E-state index in [0.717, 1.165) is 6.07 Å². The van der Waals surface area contributed by atoms with Gasteiger partial charge in [-0.2, -0.15) is 18.2 Å². The summed E-state index contributed by atoms with van der Waals surface area (Å²) < 4.78 is 56.2. The lowest BCUT2D eigenvalue weighted by atomic mass is 10.2. The smallest absolute Gasteiger partial charge is 0.419 e. The van der Waals surface area contributed by atoms with Crippen LogP contribution in [0, 0.1) is 5.82 Å². The van der Waals surface area contributed by atoms with Gasteiger partial charge >= 0.3 is 6.18 Å². The molecule has 3 nitrogen and oxygen atoms in total. The highest BCUT2D eigenvalue weighted by Gasteiger charge is 2.34. The zero-order chi connectivity index (χ0) is 14.9. The highest BCUT2D eigenvalue weighted by atomic mass is 79.9. The van der Waals surface area contributed by atoms with Crippen LogP contribution >= 0.6 is 27.5 Å². The quantitative estimate of drug-likeness (QED) is 0.559. The number of hydrogen-bond acceptors (Lipinski definition) is 3. The molecule has 1 heterocycles. The summed E-state index contributed by atoms with van der Waals surface area (Å²) in [6.45, 7) is 0. The molecule has 0 atom stereocenters. The van der Waals surface area contributed by atoms with Crippen LogP contribution in [0.1, 0.15) is 5.56 Å².